The second-order valence-corrected chi connectivity index (χ2v) is 7.10. The average Bonchev–Trinajstić information content (AvgIpc) is 2.37. The molecular weight excluding hydrogens is 232 g/mol. The summed E-state index contributed by atoms with van der Waals surface area (Å²) in [6.45, 7) is 14.9. The summed E-state index contributed by atoms with van der Waals surface area (Å²) in [5.41, 5.74) is 8.64. The van der Waals surface area contributed by atoms with Crippen LogP contribution in [0.1, 0.15) is 58.6 Å². The van der Waals surface area contributed by atoms with Crippen molar-refractivity contribution in [1.29, 1.82) is 0 Å². The van der Waals surface area contributed by atoms with Gasteiger partial charge >= 0.3 is 0 Å². The van der Waals surface area contributed by atoms with Crippen LogP contribution in [0.4, 0.5) is 0 Å². The maximum atomic E-state index is 5.76. The van der Waals surface area contributed by atoms with Crippen LogP contribution in [0.15, 0.2) is 24.3 Å². The maximum Gasteiger partial charge on any atom is 0.0247 e. The summed E-state index contributed by atoms with van der Waals surface area (Å²) in [6.07, 6.45) is 0. The zero-order valence-corrected chi connectivity index (χ0v) is 13.4. The quantitative estimate of drug-likeness (QED) is 0.824. The smallest absolute Gasteiger partial charge is 0.0247 e. The van der Waals surface area contributed by atoms with Crippen molar-refractivity contribution in [3.8, 4) is 0 Å². The molecule has 0 bridgehead atoms. The fourth-order valence-corrected chi connectivity index (χ4v) is 1.95. The molecule has 1 rings (SSSR count). The highest BCUT2D eigenvalue weighted by Crippen LogP contribution is 2.25. The number of nitrogens with two attached hydrogens (primary N) is 1. The summed E-state index contributed by atoms with van der Waals surface area (Å²) in [5, 5.41) is 3.56. The summed E-state index contributed by atoms with van der Waals surface area (Å²) in [4.78, 5) is 0. The van der Waals surface area contributed by atoms with E-state index in [1.54, 1.807) is 0 Å². The Labute approximate surface area is 118 Å². The molecule has 0 saturated carbocycles. The lowest BCUT2D eigenvalue weighted by atomic mass is 9.83. The molecule has 2 nitrogen and oxygen atoms in total. The van der Waals surface area contributed by atoms with Crippen LogP contribution in [0.25, 0.3) is 0 Å². The van der Waals surface area contributed by atoms with Gasteiger partial charge in [0.05, 0.1) is 0 Å². The first-order chi connectivity index (χ1) is 8.68. The van der Waals surface area contributed by atoms with Crippen LogP contribution in [0.5, 0.6) is 0 Å². The van der Waals surface area contributed by atoms with E-state index in [9.17, 15) is 0 Å². The molecule has 3 N–H and O–H groups in total. The Morgan fingerprint density at radius 2 is 1.58 bits per heavy atom. The molecule has 0 fully saturated rings. The van der Waals surface area contributed by atoms with E-state index >= 15 is 0 Å². The third-order valence-corrected chi connectivity index (χ3v) is 3.88. The van der Waals surface area contributed by atoms with Gasteiger partial charge in [-0.1, -0.05) is 52.0 Å². The van der Waals surface area contributed by atoms with Gasteiger partial charge in [-0.25, -0.2) is 0 Å². The molecule has 2 heteroatoms. The van der Waals surface area contributed by atoms with Gasteiger partial charge in [-0.05, 0) is 30.9 Å². The molecule has 0 saturated heterocycles. The molecule has 108 valence electrons. The van der Waals surface area contributed by atoms with Gasteiger partial charge in [-0.2, -0.15) is 0 Å². The summed E-state index contributed by atoms with van der Waals surface area (Å²) in [5.74, 6) is 0.589. The average molecular weight is 262 g/mol. The van der Waals surface area contributed by atoms with E-state index in [1.165, 1.54) is 11.1 Å². The van der Waals surface area contributed by atoms with Crippen molar-refractivity contribution in [1.82, 2.24) is 5.32 Å². The highest BCUT2D eigenvalue weighted by Gasteiger charge is 2.24. The molecule has 0 radical (unpaired) electrons. The molecular formula is C17H30N2. The fourth-order valence-electron chi connectivity index (χ4n) is 1.95. The van der Waals surface area contributed by atoms with Gasteiger partial charge in [-0.3, -0.25) is 0 Å². The molecule has 0 aliphatic rings. The molecule has 0 aromatic heterocycles. The first-order valence-electron chi connectivity index (χ1n) is 7.23. The van der Waals surface area contributed by atoms with E-state index in [-0.39, 0.29) is 11.0 Å². The Kier molecular flexibility index (Phi) is 5.17. The van der Waals surface area contributed by atoms with Crippen LogP contribution < -0.4 is 11.1 Å². The Hall–Kier alpha value is -0.860. The molecule has 0 heterocycles. The Morgan fingerprint density at radius 1 is 1.05 bits per heavy atom. The van der Waals surface area contributed by atoms with Crippen molar-refractivity contribution in [2.45, 2.75) is 58.4 Å². The largest absolute Gasteiger partial charge is 0.329 e. The Balaban J connectivity index is 2.76. The second-order valence-electron chi connectivity index (χ2n) is 7.10. The predicted octanol–water partition coefficient (Wildman–Crippen LogP) is 3.41. The normalized spacial score (nSPS) is 13.1. The van der Waals surface area contributed by atoms with Gasteiger partial charge < -0.3 is 11.1 Å². The number of nitrogens with one attached hydrogen (secondary N) is 1. The molecule has 0 atom stereocenters. The standard InChI is InChI=1S/C17H30N2/c1-13(2)14-7-9-15(10-8-14)16(3,4)12-19-17(5,6)11-18/h7-10,13,19H,11-12,18H2,1-6H3. The molecule has 19 heavy (non-hydrogen) atoms. The minimum Gasteiger partial charge on any atom is -0.329 e. The zero-order valence-electron chi connectivity index (χ0n) is 13.4. The third kappa shape index (κ3) is 4.63. The second kappa shape index (κ2) is 6.06. The van der Waals surface area contributed by atoms with E-state index in [1.807, 2.05) is 0 Å². The van der Waals surface area contributed by atoms with Gasteiger partial charge in [0.2, 0.25) is 0 Å². The minimum atomic E-state index is -0.00482. The first-order valence-corrected chi connectivity index (χ1v) is 7.23. The van der Waals surface area contributed by atoms with Crippen LogP contribution in [-0.4, -0.2) is 18.6 Å². The summed E-state index contributed by atoms with van der Waals surface area (Å²) in [6, 6.07) is 9.00. The first kappa shape index (κ1) is 16.2. The van der Waals surface area contributed by atoms with E-state index in [4.69, 9.17) is 5.73 Å². The third-order valence-electron chi connectivity index (χ3n) is 3.88. The van der Waals surface area contributed by atoms with E-state index < -0.39 is 0 Å². The summed E-state index contributed by atoms with van der Waals surface area (Å²) >= 11 is 0. The number of benzene rings is 1. The molecule has 1 aromatic carbocycles. The summed E-state index contributed by atoms with van der Waals surface area (Å²) in [7, 11) is 0. The topological polar surface area (TPSA) is 38.0 Å². The number of hydrogen-bond donors (Lipinski definition) is 2. The molecule has 0 spiro atoms. The van der Waals surface area contributed by atoms with Gasteiger partial charge in [-0.15, -0.1) is 0 Å². The number of rotatable bonds is 6. The lowest BCUT2D eigenvalue weighted by molar-refractivity contribution is 0.347. The van der Waals surface area contributed by atoms with Crippen LogP contribution in [0.3, 0.4) is 0 Å². The molecule has 0 aliphatic heterocycles. The van der Waals surface area contributed by atoms with Crippen molar-refractivity contribution in [2.75, 3.05) is 13.1 Å². The SMILES string of the molecule is CC(C)c1ccc(C(C)(C)CNC(C)(C)CN)cc1. The Bertz CT molecular complexity index is 388. The monoisotopic (exact) mass is 262 g/mol. The van der Waals surface area contributed by atoms with Gasteiger partial charge in [0.15, 0.2) is 0 Å². The van der Waals surface area contributed by atoms with Crippen molar-refractivity contribution in [2.24, 2.45) is 5.73 Å². The molecule has 1 aromatic rings. The minimum absolute atomic E-state index is 0.00482. The van der Waals surface area contributed by atoms with Crippen molar-refractivity contribution in [3.63, 3.8) is 0 Å². The number of hydrogen-bond acceptors (Lipinski definition) is 2. The van der Waals surface area contributed by atoms with E-state index in [0.717, 1.165) is 6.54 Å². The van der Waals surface area contributed by atoms with Crippen LogP contribution in [-0.2, 0) is 5.41 Å². The highest BCUT2D eigenvalue weighted by molar-refractivity contribution is 5.30. The molecule has 0 aliphatic carbocycles. The van der Waals surface area contributed by atoms with Crippen molar-refractivity contribution >= 4 is 0 Å². The van der Waals surface area contributed by atoms with Gasteiger partial charge in [0.25, 0.3) is 0 Å². The van der Waals surface area contributed by atoms with Crippen LogP contribution >= 0.6 is 0 Å². The van der Waals surface area contributed by atoms with E-state index in [0.29, 0.717) is 12.5 Å². The predicted molar refractivity (Wildman–Crippen MR) is 84.7 cm³/mol. The van der Waals surface area contributed by atoms with Crippen molar-refractivity contribution in [3.05, 3.63) is 35.4 Å². The lowest BCUT2D eigenvalue weighted by Crippen LogP contribution is -2.50. The Morgan fingerprint density at radius 3 is 2.00 bits per heavy atom. The fraction of sp³-hybridized carbons (Fsp3) is 0.647. The lowest BCUT2D eigenvalue weighted by Gasteiger charge is -2.32. The van der Waals surface area contributed by atoms with E-state index in [2.05, 4.69) is 71.1 Å². The van der Waals surface area contributed by atoms with Gasteiger partial charge in [0.1, 0.15) is 0 Å². The maximum absolute atomic E-state index is 5.76. The molecule has 0 unspecified atom stereocenters. The van der Waals surface area contributed by atoms with Crippen LogP contribution in [0, 0.1) is 0 Å². The zero-order chi connectivity index (χ0) is 14.7. The van der Waals surface area contributed by atoms with Crippen LogP contribution in [0.2, 0.25) is 0 Å². The van der Waals surface area contributed by atoms with Crippen molar-refractivity contribution < 1.29 is 0 Å². The summed E-state index contributed by atoms with van der Waals surface area (Å²) < 4.78 is 0. The molecule has 0 amide bonds. The highest BCUT2D eigenvalue weighted by atomic mass is 15.0. The van der Waals surface area contributed by atoms with Gasteiger partial charge in [0, 0.05) is 24.0 Å².